The van der Waals surface area contributed by atoms with Gasteiger partial charge in [0.1, 0.15) is 5.60 Å². The number of benzodiazepines with no additional fused rings is 1. The predicted octanol–water partition coefficient (Wildman–Crippen LogP) is 6.96. The molecule has 1 aliphatic rings. The van der Waals surface area contributed by atoms with Crippen LogP contribution in [-0.2, 0) is 19.1 Å². The van der Waals surface area contributed by atoms with Gasteiger partial charge in [0.2, 0.25) is 12.1 Å². The van der Waals surface area contributed by atoms with Crippen LogP contribution in [0.4, 0.5) is 32.0 Å². The Kier molecular flexibility index (Phi) is 11.2. The van der Waals surface area contributed by atoms with Gasteiger partial charge in [0.25, 0.3) is 5.91 Å². The molecule has 240 valence electrons. The second-order valence-corrected chi connectivity index (χ2v) is 11.6. The van der Waals surface area contributed by atoms with Crippen molar-refractivity contribution in [2.75, 3.05) is 5.32 Å². The van der Waals surface area contributed by atoms with Gasteiger partial charge in [0, 0.05) is 24.0 Å². The lowest BCUT2D eigenvalue weighted by Crippen LogP contribution is -2.48. The van der Waals surface area contributed by atoms with Crippen molar-refractivity contribution in [3.05, 3.63) is 65.7 Å². The second kappa shape index (κ2) is 14.3. The van der Waals surface area contributed by atoms with E-state index in [-0.39, 0.29) is 0 Å². The molecule has 1 aliphatic heterocycles. The fourth-order valence-corrected chi connectivity index (χ4v) is 4.84. The number of aliphatic imine (C=N–C) groups is 1. The number of halogens is 6. The van der Waals surface area contributed by atoms with Gasteiger partial charge in [0.05, 0.1) is 23.2 Å². The average molecular weight is 628 g/mol. The largest absolute Gasteiger partial charge is 0.460 e. The number of nitrogens with zero attached hydrogens (tertiary/aromatic N) is 1. The van der Waals surface area contributed by atoms with Crippen molar-refractivity contribution in [1.29, 1.82) is 0 Å². The lowest BCUT2D eigenvalue weighted by molar-refractivity contribution is -0.166. The Morgan fingerprint density at radius 3 is 1.98 bits per heavy atom. The molecule has 2 N–H and O–H groups in total. The summed E-state index contributed by atoms with van der Waals surface area (Å²) in [7, 11) is 0. The van der Waals surface area contributed by atoms with Gasteiger partial charge in [-0.25, -0.2) is 4.99 Å². The molecule has 0 unspecified atom stereocenters. The molecule has 0 fully saturated rings. The van der Waals surface area contributed by atoms with Crippen molar-refractivity contribution in [2.45, 2.75) is 83.4 Å². The van der Waals surface area contributed by atoms with Gasteiger partial charge < -0.3 is 15.4 Å². The number of esters is 1. The number of alkyl halides is 6. The Balaban J connectivity index is 1.99. The van der Waals surface area contributed by atoms with Crippen LogP contribution in [0, 0.1) is 11.8 Å². The first-order valence-corrected chi connectivity index (χ1v) is 14.1. The van der Waals surface area contributed by atoms with Gasteiger partial charge >= 0.3 is 18.3 Å². The Morgan fingerprint density at radius 1 is 0.864 bits per heavy atom. The molecule has 0 bridgehead atoms. The molecule has 0 aromatic heterocycles. The summed E-state index contributed by atoms with van der Waals surface area (Å²) in [5, 5.41) is 5.13. The predicted molar refractivity (Wildman–Crippen MR) is 152 cm³/mol. The third kappa shape index (κ3) is 10.7. The van der Waals surface area contributed by atoms with E-state index < -0.39 is 92.3 Å². The van der Waals surface area contributed by atoms with Crippen LogP contribution in [0.25, 0.3) is 0 Å². The standard InChI is InChI=1S/C31H35F6N3O4/c1-29(2,3)44-28(43)21(15-10-18-31(35,36)37)20(14-9-17-30(32,33)34)26(41)40-25-27(42)38-23-16-8-7-13-22(23)24(39-25)19-11-5-4-6-12-19/h4-8,11-13,16,20-21,25H,9-10,14-15,17-18H2,1-3H3,(H,38,42)(H,40,41)/t20-,21+,25-/m1/s1. The molecular weight excluding hydrogens is 592 g/mol. The molecule has 0 aliphatic carbocycles. The number of amides is 2. The van der Waals surface area contributed by atoms with E-state index in [9.17, 15) is 40.7 Å². The van der Waals surface area contributed by atoms with Crippen LogP contribution in [0.2, 0.25) is 0 Å². The summed E-state index contributed by atoms with van der Waals surface area (Å²) in [4.78, 5) is 44.7. The molecule has 0 saturated heterocycles. The first-order chi connectivity index (χ1) is 20.4. The molecule has 3 rings (SSSR count). The van der Waals surface area contributed by atoms with Crippen LogP contribution in [0.1, 0.15) is 70.4 Å². The van der Waals surface area contributed by atoms with Gasteiger partial charge in [-0.05, 0) is 52.5 Å². The minimum Gasteiger partial charge on any atom is -0.460 e. The van der Waals surface area contributed by atoms with E-state index >= 15 is 0 Å². The Morgan fingerprint density at radius 2 is 1.41 bits per heavy atom. The van der Waals surface area contributed by atoms with E-state index in [2.05, 4.69) is 15.6 Å². The number of hydrogen-bond donors (Lipinski definition) is 2. The molecule has 2 aromatic carbocycles. The fourth-order valence-electron chi connectivity index (χ4n) is 4.84. The highest BCUT2D eigenvalue weighted by Gasteiger charge is 2.40. The van der Waals surface area contributed by atoms with Crippen molar-refractivity contribution in [1.82, 2.24) is 5.32 Å². The molecule has 44 heavy (non-hydrogen) atoms. The number of para-hydroxylation sites is 1. The minimum absolute atomic E-state index is 0.340. The number of carbonyl (C=O) groups is 3. The Hall–Kier alpha value is -3.90. The van der Waals surface area contributed by atoms with Gasteiger partial charge in [0.15, 0.2) is 0 Å². The summed E-state index contributed by atoms with van der Waals surface area (Å²) in [6.45, 7) is 4.55. The quantitative estimate of drug-likeness (QED) is 0.208. The van der Waals surface area contributed by atoms with Crippen LogP contribution in [0.15, 0.2) is 59.6 Å². The lowest BCUT2D eigenvalue weighted by atomic mass is 9.83. The summed E-state index contributed by atoms with van der Waals surface area (Å²) >= 11 is 0. The third-order valence-corrected chi connectivity index (χ3v) is 6.76. The molecular formula is C31H35F6N3O4. The average Bonchev–Trinajstić information content (AvgIpc) is 3.04. The normalized spacial score (nSPS) is 17.0. The summed E-state index contributed by atoms with van der Waals surface area (Å²) in [6.07, 6.45) is -15.3. The summed E-state index contributed by atoms with van der Waals surface area (Å²) < 4.78 is 83.4. The highest BCUT2D eigenvalue weighted by atomic mass is 19.4. The van der Waals surface area contributed by atoms with Gasteiger partial charge in [-0.2, -0.15) is 26.3 Å². The van der Waals surface area contributed by atoms with E-state index in [1.54, 1.807) is 54.6 Å². The maximum atomic E-state index is 13.7. The number of hydrogen-bond acceptors (Lipinski definition) is 5. The zero-order valence-electron chi connectivity index (χ0n) is 24.5. The molecule has 0 saturated carbocycles. The smallest absolute Gasteiger partial charge is 0.389 e. The van der Waals surface area contributed by atoms with Crippen molar-refractivity contribution in [3.8, 4) is 0 Å². The first-order valence-electron chi connectivity index (χ1n) is 14.1. The number of nitrogens with one attached hydrogen (secondary N) is 2. The second-order valence-electron chi connectivity index (χ2n) is 11.6. The minimum atomic E-state index is -4.57. The first kappa shape index (κ1) is 34.6. The molecule has 0 spiro atoms. The SMILES string of the molecule is CC(C)(C)OC(=O)[C@@H](CCCC(F)(F)F)[C@@H](CCCC(F)(F)F)C(=O)N[C@H]1N=C(c2ccccc2)c2ccccc2NC1=O. The van der Waals surface area contributed by atoms with Crippen molar-refractivity contribution in [3.63, 3.8) is 0 Å². The topological polar surface area (TPSA) is 96.9 Å². The maximum Gasteiger partial charge on any atom is 0.389 e. The number of benzene rings is 2. The molecule has 1 heterocycles. The molecule has 3 atom stereocenters. The number of rotatable bonds is 11. The molecule has 13 heteroatoms. The number of anilines is 1. The van der Waals surface area contributed by atoms with Crippen LogP contribution in [-0.4, -0.2) is 47.6 Å². The van der Waals surface area contributed by atoms with E-state index in [1.165, 1.54) is 20.8 Å². The van der Waals surface area contributed by atoms with E-state index in [0.717, 1.165) is 0 Å². The van der Waals surface area contributed by atoms with Crippen molar-refractivity contribution in [2.24, 2.45) is 16.8 Å². The molecule has 2 aromatic rings. The highest BCUT2D eigenvalue weighted by Crippen LogP contribution is 2.33. The Bertz CT molecular complexity index is 1340. The number of ether oxygens (including phenoxy) is 1. The van der Waals surface area contributed by atoms with Crippen LogP contribution in [0.5, 0.6) is 0 Å². The number of fused-ring (bicyclic) bond motifs is 1. The zero-order valence-corrected chi connectivity index (χ0v) is 24.5. The van der Waals surface area contributed by atoms with E-state index in [1.807, 2.05) is 0 Å². The molecule has 7 nitrogen and oxygen atoms in total. The number of carbonyl (C=O) groups excluding carboxylic acids is 3. The van der Waals surface area contributed by atoms with Crippen LogP contribution in [0.3, 0.4) is 0 Å². The van der Waals surface area contributed by atoms with Crippen molar-refractivity contribution < 1.29 is 45.5 Å². The molecule has 0 radical (unpaired) electrons. The van der Waals surface area contributed by atoms with Crippen molar-refractivity contribution >= 4 is 29.2 Å². The van der Waals surface area contributed by atoms with Crippen LogP contribution >= 0.6 is 0 Å². The monoisotopic (exact) mass is 627 g/mol. The summed E-state index contributed by atoms with van der Waals surface area (Å²) in [5.74, 6) is -5.81. The fraction of sp³-hybridized carbons (Fsp3) is 0.484. The van der Waals surface area contributed by atoms with Gasteiger partial charge in [-0.15, -0.1) is 0 Å². The van der Waals surface area contributed by atoms with E-state index in [4.69, 9.17) is 4.74 Å². The summed E-state index contributed by atoms with van der Waals surface area (Å²) in [5.41, 5.74) is 0.805. The van der Waals surface area contributed by atoms with Crippen LogP contribution < -0.4 is 10.6 Å². The van der Waals surface area contributed by atoms with Gasteiger partial charge in [-0.3, -0.25) is 14.4 Å². The Labute approximate surface area is 251 Å². The third-order valence-electron chi connectivity index (χ3n) is 6.76. The lowest BCUT2D eigenvalue weighted by Gasteiger charge is -2.29. The van der Waals surface area contributed by atoms with Gasteiger partial charge in [-0.1, -0.05) is 48.5 Å². The zero-order chi connectivity index (χ0) is 32.7. The highest BCUT2D eigenvalue weighted by molar-refractivity contribution is 6.19. The maximum absolute atomic E-state index is 13.7. The van der Waals surface area contributed by atoms with E-state index in [0.29, 0.717) is 22.5 Å². The molecule has 2 amide bonds. The summed E-state index contributed by atoms with van der Waals surface area (Å²) in [6, 6.07) is 15.5.